The summed E-state index contributed by atoms with van der Waals surface area (Å²) in [5.74, 6) is 0. The Morgan fingerprint density at radius 1 is 1.32 bits per heavy atom. The third kappa shape index (κ3) is 2.98. The van der Waals surface area contributed by atoms with E-state index in [2.05, 4.69) is 10.4 Å². The fraction of sp³-hybridized carbons (Fsp3) is 0.250. The van der Waals surface area contributed by atoms with Crippen LogP contribution in [0.4, 0.5) is 24.5 Å². The molecule has 3 N–H and O–H groups in total. The summed E-state index contributed by atoms with van der Waals surface area (Å²) in [4.78, 5) is 0. The molecule has 102 valence electrons. The Bertz CT molecular complexity index is 575. The summed E-state index contributed by atoms with van der Waals surface area (Å²) in [6.07, 6.45) is -2.82. The molecule has 0 saturated carbocycles. The summed E-state index contributed by atoms with van der Waals surface area (Å²) in [5, 5.41) is 6.89. The van der Waals surface area contributed by atoms with Crippen molar-refractivity contribution in [2.24, 2.45) is 7.05 Å². The van der Waals surface area contributed by atoms with Gasteiger partial charge in [0.15, 0.2) is 0 Å². The topological polar surface area (TPSA) is 55.9 Å². The van der Waals surface area contributed by atoms with E-state index in [1.54, 1.807) is 24.0 Å². The predicted molar refractivity (Wildman–Crippen MR) is 66.4 cm³/mol. The highest BCUT2D eigenvalue weighted by Crippen LogP contribution is 2.35. The number of nitrogen functional groups attached to an aromatic ring is 1. The van der Waals surface area contributed by atoms with Crippen LogP contribution < -0.4 is 11.1 Å². The maximum atomic E-state index is 12.7. The van der Waals surface area contributed by atoms with Crippen molar-refractivity contribution < 1.29 is 13.2 Å². The van der Waals surface area contributed by atoms with Crippen LogP contribution >= 0.6 is 0 Å². The highest BCUT2D eigenvalue weighted by Gasteiger charge is 2.33. The second kappa shape index (κ2) is 4.83. The van der Waals surface area contributed by atoms with Crippen molar-refractivity contribution >= 4 is 11.4 Å². The Morgan fingerprint density at radius 3 is 2.63 bits per heavy atom. The third-order valence-corrected chi connectivity index (χ3v) is 2.75. The van der Waals surface area contributed by atoms with Crippen LogP contribution in [-0.2, 0) is 19.8 Å². The Hall–Kier alpha value is -2.18. The lowest BCUT2D eigenvalue weighted by molar-refractivity contribution is -0.136. The first-order valence-electron chi connectivity index (χ1n) is 5.55. The summed E-state index contributed by atoms with van der Waals surface area (Å²) in [6, 6.07) is 5.55. The molecule has 0 amide bonds. The minimum Gasteiger partial charge on any atom is -0.398 e. The zero-order valence-corrected chi connectivity index (χ0v) is 10.2. The van der Waals surface area contributed by atoms with Gasteiger partial charge in [-0.2, -0.15) is 18.3 Å². The molecule has 1 heterocycles. The van der Waals surface area contributed by atoms with Gasteiger partial charge in [0.25, 0.3) is 0 Å². The molecule has 0 aliphatic rings. The number of rotatable bonds is 3. The van der Waals surface area contributed by atoms with Crippen molar-refractivity contribution in [2.45, 2.75) is 12.7 Å². The van der Waals surface area contributed by atoms with Crippen molar-refractivity contribution in [3.63, 3.8) is 0 Å². The van der Waals surface area contributed by atoms with E-state index in [9.17, 15) is 13.2 Å². The number of alkyl halides is 3. The number of nitrogens with two attached hydrogens (primary N) is 1. The maximum absolute atomic E-state index is 12.7. The lowest BCUT2D eigenvalue weighted by atomic mass is 10.1. The van der Waals surface area contributed by atoms with Gasteiger partial charge in [-0.1, -0.05) is 0 Å². The molecule has 0 aliphatic heterocycles. The molecule has 19 heavy (non-hydrogen) atoms. The first-order chi connectivity index (χ1) is 8.88. The molecule has 0 unspecified atom stereocenters. The summed E-state index contributed by atoms with van der Waals surface area (Å²) in [5.41, 5.74) is 5.45. The second-order valence-electron chi connectivity index (χ2n) is 4.10. The van der Waals surface area contributed by atoms with E-state index >= 15 is 0 Å². The minimum absolute atomic E-state index is 0.279. The smallest absolute Gasteiger partial charge is 0.398 e. The number of hydrogen-bond donors (Lipinski definition) is 2. The fourth-order valence-corrected chi connectivity index (χ4v) is 1.68. The average molecular weight is 270 g/mol. The van der Waals surface area contributed by atoms with Crippen molar-refractivity contribution in [2.75, 3.05) is 11.1 Å². The number of nitrogens with one attached hydrogen (secondary N) is 1. The van der Waals surface area contributed by atoms with Crippen LogP contribution in [-0.4, -0.2) is 9.78 Å². The molecular weight excluding hydrogens is 257 g/mol. The van der Waals surface area contributed by atoms with Crippen molar-refractivity contribution in [1.29, 1.82) is 0 Å². The summed E-state index contributed by atoms with van der Waals surface area (Å²) >= 11 is 0. The van der Waals surface area contributed by atoms with Crippen LogP contribution in [0, 0.1) is 0 Å². The minimum atomic E-state index is -4.45. The molecule has 0 radical (unpaired) electrons. The lowest BCUT2D eigenvalue weighted by Gasteiger charge is -2.13. The van der Waals surface area contributed by atoms with Gasteiger partial charge in [-0.3, -0.25) is 4.68 Å². The van der Waals surface area contributed by atoms with E-state index in [4.69, 9.17) is 5.73 Å². The summed E-state index contributed by atoms with van der Waals surface area (Å²) < 4.78 is 39.7. The van der Waals surface area contributed by atoms with E-state index in [-0.39, 0.29) is 5.69 Å². The standard InChI is InChI=1S/C12H13F3N4/c1-19-9(4-5-18-19)7-17-8-2-3-11(16)10(6-8)12(13,14)15/h2-6,17H,7,16H2,1H3. The Balaban J connectivity index is 2.16. The lowest BCUT2D eigenvalue weighted by Crippen LogP contribution is -2.10. The van der Waals surface area contributed by atoms with Crippen LogP contribution in [0.2, 0.25) is 0 Å². The highest BCUT2D eigenvalue weighted by molar-refractivity contribution is 5.58. The molecular formula is C12H13F3N4. The van der Waals surface area contributed by atoms with Gasteiger partial charge in [-0.05, 0) is 24.3 Å². The quantitative estimate of drug-likeness (QED) is 0.843. The molecule has 0 atom stereocenters. The molecule has 0 spiro atoms. The molecule has 0 saturated heterocycles. The molecule has 0 fully saturated rings. The van der Waals surface area contributed by atoms with Gasteiger partial charge >= 0.3 is 6.18 Å². The normalized spacial score (nSPS) is 11.6. The van der Waals surface area contributed by atoms with Gasteiger partial charge in [0.2, 0.25) is 0 Å². The van der Waals surface area contributed by atoms with Crippen LogP contribution in [0.3, 0.4) is 0 Å². The molecule has 1 aromatic carbocycles. The zero-order chi connectivity index (χ0) is 14.0. The number of nitrogens with zero attached hydrogens (tertiary/aromatic N) is 2. The van der Waals surface area contributed by atoms with Crippen molar-refractivity contribution in [3.05, 3.63) is 41.7 Å². The zero-order valence-electron chi connectivity index (χ0n) is 10.2. The van der Waals surface area contributed by atoms with Crippen LogP contribution in [0.15, 0.2) is 30.5 Å². The highest BCUT2D eigenvalue weighted by atomic mass is 19.4. The second-order valence-corrected chi connectivity index (χ2v) is 4.10. The molecule has 0 aliphatic carbocycles. The Kier molecular flexibility index (Phi) is 3.37. The largest absolute Gasteiger partial charge is 0.418 e. The van der Waals surface area contributed by atoms with Gasteiger partial charge < -0.3 is 11.1 Å². The van der Waals surface area contributed by atoms with Gasteiger partial charge in [0.05, 0.1) is 17.8 Å². The SMILES string of the molecule is Cn1nccc1CNc1ccc(N)c(C(F)(F)F)c1. The predicted octanol–water partition coefficient (Wildman–Crippen LogP) is 2.63. The van der Waals surface area contributed by atoms with E-state index in [0.29, 0.717) is 12.2 Å². The molecule has 0 bridgehead atoms. The molecule has 2 rings (SSSR count). The van der Waals surface area contributed by atoms with Crippen LogP contribution in [0.5, 0.6) is 0 Å². The van der Waals surface area contributed by atoms with Gasteiger partial charge in [0, 0.05) is 24.6 Å². The average Bonchev–Trinajstić information content (AvgIpc) is 2.72. The number of anilines is 2. The third-order valence-electron chi connectivity index (χ3n) is 2.75. The summed E-state index contributed by atoms with van der Waals surface area (Å²) in [6.45, 7) is 0.387. The Labute approximate surface area is 108 Å². The fourth-order valence-electron chi connectivity index (χ4n) is 1.68. The van der Waals surface area contributed by atoms with Crippen molar-refractivity contribution in [1.82, 2.24) is 9.78 Å². The number of benzene rings is 1. The number of aromatic nitrogens is 2. The van der Waals surface area contributed by atoms with E-state index in [0.717, 1.165) is 11.8 Å². The molecule has 1 aromatic heterocycles. The monoisotopic (exact) mass is 270 g/mol. The van der Waals surface area contributed by atoms with Crippen LogP contribution in [0.25, 0.3) is 0 Å². The number of hydrogen-bond acceptors (Lipinski definition) is 3. The van der Waals surface area contributed by atoms with E-state index in [1.807, 2.05) is 0 Å². The number of halogens is 3. The van der Waals surface area contributed by atoms with Gasteiger partial charge in [-0.15, -0.1) is 0 Å². The van der Waals surface area contributed by atoms with Gasteiger partial charge in [0.1, 0.15) is 0 Å². The van der Waals surface area contributed by atoms with Gasteiger partial charge in [-0.25, -0.2) is 0 Å². The first-order valence-corrected chi connectivity index (χ1v) is 5.55. The first kappa shape index (κ1) is 13.3. The number of aryl methyl sites for hydroxylation is 1. The molecule has 2 aromatic rings. The maximum Gasteiger partial charge on any atom is 0.418 e. The summed E-state index contributed by atoms with van der Waals surface area (Å²) in [7, 11) is 1.77. The molecule has 7 heteroatoms. The Morgan fingerprint density at radius 2 is 2.05 bits per heavy atom. The van der Waals surface area contributed by atoms with Crippen molar-refractivity contribution in [3.8, 4) is 0 Å². The molecule has 4 nitrogen and oxygen atoms in total. The van der Waals surface area contributed by atoms with E-state index < -0.39 is 11.7 Å². The van der Waals surface area contributed by atoms with E-state index in [1.165, 1.54) is 12.1 Å². The van der Waals surface area contributed by atoms with Crippen LogP contribution in [0.1, 0.15) is 11.3 Å².